The second kappa shape index (κ2) is 13.3. The summed E-state index contributed by atoms with van der Waals surface area (Å²) in [4.78, 5) is 19.9. The predicted octanol–water partition coefficient (Wildman–Crippen LogP) is 12.5. The SMILES string of the molecule is CC(C)(C)c1ccc(-n2c(-c3cncc(-c4cc(C(C)(C)C)cc5nccnc45)c3)nc3c(-c4cc5ccccc5cc4O)cccc32)c(-c2ccccc2)c1. The third kappa shape index (κ3) is 6.17. The number of phenolic OH excluding ortho intramolecular Hbond substituents is 1. The first-order valence-electron chi connectivity index (χ1n) is 19.1. The van der Waals surface area contributed by atoms with E-state index in [1.54, 1.807) is 12.4 Å². The Hall–Kier alpha value is -6.66. The van der Waals surface area contributed by atoms with Crippen molar-refractivity contribution in [3.05, 3.63) is 157 Å². The highest BCUT2D eigenvalue weighted by Crippen LogP contribution is 2.42. The third-order valence-electron chi connectivity index (χ3n) is 10.8. The summed E-state index contributed by atoms with van der Waals surface area (Å²) in [7, 11) is 0. The fourth-order valence-electron chi connectivity index (χ4n) is 7.68. The summed E-state index contributed by atoms with van der Waals surface area (Å²) in [5.74, 6) is 0.951. The number of hydrogen-bond donors (Lipinski definition) is 1. The van der Waals surface area contributed by atoms with Crippen LogP contribution < -0.4 is 0 Å². The zero-order valence-corrected chi connectivity index (χ0v) is 32.5. The molecule has 0 saturated heterocycles. The van der Waals surface area contributed by atoms with Gasteiger partial charge in [-0.2, -0.15) is 0 Å². The highest BCUT2D eigenvalue weighted by molar-refractivity contribution is 6.01. The summed E-state index contributed by atoms with van der Waals surface area (Å²) in [6.07, 6.45) is 7.28. The van der Waals surface area contributed by atoms with Crippen molar-refractivity contribution in [2.45, 2.75) is 52.4 Å². The van der Waals surface area contributed by atoms with E-state index in [1.807, 2.05) is 42.7 Å². The van der Waals surface area contributed by atoms with Gasteiger partial charge in [-0.1, -0.05) is 114 Å². The predicted molar refractivity (Wildman–Crippen MR) is 230 cm³/mol. The molecule has 0 aliphatic rings. The number of pyridine rings is 1. The van der Waals surface area contributed by atoms with Gasteiger partial charge < -0.3 is 5.11 Å². The van der Waals surface area contributed by atoms with E-state index < -0.39 is 0 Å². The number of phenols is 1. The van der Waals surface area contributed by atoms with Gasteiger partial charge in [0.25, 0.3) is 0 Å². The number of aromatic nitrogens is 5. The Bertz CT molecular complexity index is 2950. The molecule has 9 aromatic rings. The molecule has 0 aliphatic carbocycles. The van der Waals surface area contributed by atoms with Crippen LogP contribution in [0, 0.1) is 0 Å². The number of para-hydroxylation sites is 1. The molecule has 1 N–H and O–H groups in total. The molecule has 6 aromatic carbocycles. The van der Waals surface area contributed by atoms with E-state index in [0.29, 0.717) is 0 Å². The van der Waals surface area contributed by atoms with Gasteiger partial charge >= 0.3 is 0 Å². The van der Waals surface area contributed by atoms with Gasteiger partial charge in [-0.3, -0.25) is 19.5 Å². The third-order valence-corrected chi connectivity index (χ3v) is 10.8. The van der Waals surface area contributed by atoms with Crippen molar-refractivity contribution < 1.29 is 5.11 Å². The quantitative estimate of drug-likeness (QED) is 0.191. The first-order valence-corrected chi connectivity index (χ1v) is 19.1. The van der Waals surface area contributed by atoms with Crippen LogP contribution in [0.3, 0.4) is 0 Å². The van der Waals surface area contributed by atoms with Crippen LogP contribution in [-0.2, 0) is 10.8 Å². The van der Waals surface area contributed by atoms with Gasteiger partial charge in [-0.05, 0) is 86.8 Å². The maximum absolute atomic E-state index is 11.5. The molecule has 0 fully saturated rings. The first kappa shape index (κ1) is 35.1. The van der Waals surface area contributed by atoms with E-state index >= 15 is 0 Å². The molecule has 3 heterocycles. The Balaban J connectivity index is 1.35. The number of benzene rings is 6. The monoisotopic (exact) mass is 729 g/mol. The molecular weight excluding hydrogens is 687 g/mol. The summed E-state index contributed by atoms with van der Waals surface area (Å²) < 4.78 is 2.26. The summed E-state index contributed by atoms with van der Waals surface area (Å²) >= 11 is 0. The van der Waals surface area contributed by atoms with Crippen molar-refractivity contribution in [1.29, 1.82) is 0 Å². The first-order chi connectivity index (χ1) is 26.9. The molecule has 0 bridgehead atoms. The fourth-order valence-corrected chi connectivity index (χ4v) is 7.68. The molecule has 6 heteroatoms. The zero-order valence-electron chi connectivity index (χ0n) is 32.5. The molecule has 9 rings (SSSR count). The number of nitrogens with zero attached hydrogens (tertiary/aromatic N) is 5. The number of rotatable bonds is 5. The highest BCUT2D eigenvalue weighted by Gasteiger charge is 2.24. The van der Waals surface area contributed by atoms with Gasteiger partial charge in [0.1, 0.15) is 11.6 Å². The van der Waals surface area contributed by atoms with Crippen molar-refractivity contribution in [3.8, 4) is 56.2 Å². The topological polar surface area (TPSA) is 76.7 Å². The van der Waals surface area contributed by atoms with Crippen molar-refractivity contribution >= 4 is 32.8 Å². The lowest BCUT2D eigenvalue weighted by atomic mass is 9.84. The highest BCUT2D eigenvalue weighted by atomic mass is 16.3. The lowest BCUT2D eigenvalue weighted by Gasteiger charge is -2.23. The maximum atomic E-state index is 11.5. The summed E-state index contributed by atoms with van der Waals surface area (Å²) in [5.41, 5.74) is 13.2. The van der Waals surface area contributed by atoms with E-state index in [2.05, 4.69) is 137 Å². The fraction of sp³-hybridized carbons (Fsp3) is 0.160. The molecule has 0 spiro atoms. The lowest BCUT2D eigenvalue weighted by Crippen LogP contribution is -2.12. The molecule has 56 heavy (non-hydrogen) atoms. The van der Waals surface area contributed by atoms with Gasteiger partial charge in [-0.25, -0.2) is 4.98 Å². The van der Waals surface area contributed by atoms with Crippen molar-refractivity contribution in [2.75, 3.05) is 0 Å². The van der Waals surface area contributed by atoms with Crippen LogP contribution in [0.15, 0.2) is 146 Å². The number of fused-ring (bicyclic) bond motifs is 3. The van der Waals surface area contributed by atoms with Crippen LogP contribution >= 0.6 is 0 Å². The van der Waals surface area contributed by atoms with Crippen LogP contribution in [0.5, 0.6) is 5.75 Å². The number of hydrogen-bond acceptors (Lipinski definition) is 5. The molecule has 0 amide bonds. The molecule has 0 unspecified atom stereocenters. The smallest absolute Gasteiger partial charge is 0.147 e. The molecule has 0 aliphatic heterocycles. The van der Waals surface area contributed by atoms with Crippen molar-refractivity contribution in [3.63, 3.8) is 0 Å². The van der Waals surface area contributed by atoms with Gasteiger partial charge in [0, 0.05) is 58.2 Å². The Morgan fingerprint density at radius 3 is 1.98 bits per heavy atom. The minimum Gasteiger partial charge on any atom is -0.507 e. The van der Waals surface area contributed by atoms with Crippen LogP contribution in [0.4, 0.5) is 0 Å². The van der Waals surface area contributed by atoms with Gasteiger partial charge in [0.2, 0.25) is 0 Å². The van der Waals surface area contributed by atoms with Gasteiger partial charge in [0.05, 0.1) is 27.8 Å². The van der Waals surface area contributed by atoms with Crippen molar-refractivity contribution in [1.82, 2.24) is 24.5 Å². The van der Waals surface area contributed by atoms with E-state index in [-0.39, 0.29) is 16.6 Å². The molecular formula is C50H43N5O. The summed E-state index contributed by atoms with van der Waals surface area (Å²) in [5, 5.41) is 13.5. The van der Waals surface area contributed by atoms with E-state index in [0.717, 1.165) is 83.3 Å². The lowest BCUT2D eigenvalue weighted by molar-refractivity contribution is 0.478. The molecule has 0 atom stereocenters. The second-order valence-electron chi connectivity index (χ2n) is 16.7. The molecule has 0 radical (unpaired) electrons. The zero-order chi connectivity index (χ0) is 38.8. The minimum absolute atomic E-state index is 0.0613. The number of imidazole rings is 1. The van der Waals surface area contributed by atoms with E-state index in [9.17, 15) is 5.11 Å². The van der Waals surface area contributed by atoms with Crippen LogP contribution in [0.2, 0.25) is 0 Å². The molecule has 3 aromatic heterocycles. The van der Waals surface area contributed by atoms with E-state index in [1.165, 1.54) is 11.1 Å². The summed E-state index contributed by atoms with van der Waals surface area (Å²) in [6.45, 7) is 13.4. The van der Waals surface area contributed by atoms with Gasteiger partial charge in [0.15, 0.2) is 0 Å². The van der Waals surface area contributed by atoms with Crippen LogP contribution in [0.1, 0.15) is 52.7 Å². The average molecular weight is 730 g/mol. The average Bonchev–Trinajstić information content (AvgIpc) is 3.59. The maximum Gasteiger partial charge on any atom is 0.147 e. The van der Waals surface area contributed by atoms with Crippen LogP contribution in [-0.4, -0.2) is 29.6 Å². The Labute approximate surface area is 327 Å². The molecule has 274 valence electrons. The summed E-state index contributed by atoms with van der Waals surface area (Å²) in [6, 6.07) is 42.1. The standard InChI is InChI=1S/C50H43N5O/c1-49(2,3)36-19-20-43(39(26-36)31-13-8-7-9-14-31)55-44-18-12-17-38(41-24-32-15-10-11-16-33(32)25-45(41)56)47(44)54-48(55)35-23-34(29-51-30-35)40-27-37(50(4,5)6)28-42-46(40)53-22-21-52-42/h7-30,56H,1-6H3. The van der Waals surface area contributed by atoms with Crippen LogP contribution in [0.25, 0.3) is 83.3 Å². The Morgan fingerprint density at radius 2 is 1.21 bits per heavy atom. The van der Waals surface area contributed by atoms with Crippen molar-refractivity contribution in [2.24, 2.45) is 0 Å². The largest absolute Gasteiger partial charge is 0.507 e. The Morgan fingerprint density at radius 1 is 0.518 bits per heavy atom. The minimum atomic E-state index is -0.0999. The molecule has 6 nitrogen and oxygen atoms in total. The molecule has 0 saturated carbocycles. The Kier molecular flexibility index (Phi) is 8.31. The normalized spacial score (nSPS) is 12.2. The van der Waals surface area contributed by atoms with Gasteiger partial charge in [-0.15, -0.1) is 0 Å². The van der Waals surface area contributed by atoms with E-state index in [4.69, 9.17) is 19.9 Å². The second-order valence-corrected chi connectivity index (χ2v) is 16.7. The number of aromatic hydroxyl groups is 1.